The highest BCUT2D eigenvalue weighted by atomic mass is 35.5. The van der Waals surface area contributed by atoms with Crippen LogP contribution in [-0.2, 0) is 6.54 Å². The van der Waals surface area contributed by atoms with Crippen LogP contribution in [0.15, 0.2) is 60.7 Å². The molecule has 0 saturated carbocycles. The standard InChI is InChI=1S/C27H24ClN3O2/c1-15-7-9-18(10-8-15)14-31-25(19-5-4-6-20(28)13-19)22-23(29-30-24(22)27(31)33)21-12-16(2)11-17(3)26(21)32/h4-13,25,32H,14H2,1-3H3,(H,29,30). The summed E-state index contributed by atoms with van der Waals surface area (Å²) in [6.45, 7) is 6.32. The van der Waals surface area contributed by atoms with Crippen LogP contribution < -0.4 is 0 Å². The van der Waals surface area contributed by atoms with Gasteiger partial charge in [-0.25, -0.2) is 0 Å². The van der Waals surface area contributed by atoms with Crippen LogP contribution >= 0.6 is 11.6 Å². The summed E-state index contributed by atoms with van der Waals surface area (Å²) in [4.78, 5) is 15.4. The van der Waals surface area contributed by atoms with Gasteiger partial charge in [0.05, 0.1) is 6.04 Å². The molecular weight excluding hydrogens is 434 g/mol. The largest absolute Gasteiger partial charge is 0.507 e. The van der Waals surface area contributed by atoms with Crippen LogP contribution in [0.25, 0.3) is 11.3 Å². The molecule has 1 unspecified atom stereocenters. The number of aromatic amines is 1. The van der Waals surface area contributed by atoms with Crippen LogP contribution in [0, 0.1) is 20.8 Å². The van der Waals surface area contributed by atoms with Crippen molar-refractivity contribution in [3.05, 3.63) is 105 Å². The molecule has 1 aliphatic heterocycles. The first-order valence-electron chi connectivity index (χ1n) is 10.8. The van der Waals surface area contributed by atoms with E-state index in [2.05, 4.69) is 10.2 Å². The number of amides is 1. The van der Waals surface area contributed by atoms with E-state index in [1.807, 2.05) is 86.3 Å². The number of fused-ring (bicyclic) bond motifs is 1. The topological polar surface area (TPSA) is 69.2 Å². The van der Waals surface area contributed by atoms with Gasteiger partial charge in [0.2, 0.25) is 0 Å². The molecule has 33 heavy (non-hydrogen) atoms. The Bertz CT molecular complexity index is 1370. The summed E-state index contributed by atoms with van der Waals surface area (Å²) >= 11 is 6.34. The highest BCUT2D eigenvalue weighted by molar-refractivity contribution is 6.30. The number of aromatic hydroxyl groups is 1. The van der Waals surface area contributed by atoms with Crippen LogP contribution in [0.3, 0.4) is 0 Å². The predicted octanol–water partition coefficient (Wildman–Crippen LogP) is 6.11. The second-order valence-corrected chi connectivity index (χ2v) is 9.15. The number of nitrogens with zero attached hydrogens (tertiary/aromatic N) is 2. The van der Waals surface area contributed by atoms with Crippen LogP contribution in [0.1, 0.15) is 49.9 Å². The summed E-state index contributed by atoms with van der Waals surface area (Å²) in [6, 6.07) is 19.2. The molecule has 0 radical (unpaired) electrons. The van der Waals surface area contributed by atoms with Crippen LogP contribution in [0.5, 0.6) is 5.75 Å². The van der Waals surface area contributed by atoms with Crippen molar-refractivity contribution < 1.29 is 9.90 Å². The lowest BCUT2D eigenvalue weighted by Crippen LogP contribution is -2.29. The molecule has 0 aliphatic carbocycles. The number of phenols is 1. The number of aryl methyl sites for hydroxylation is 3. The van der Waals surface area contributed by atoms with Crippen molar-refractivity contribution in [2.45, 2.75) is 33.4 Å². The minimum absolute atomic E-state index is 0.127. The molecule has 0 bridgehead atoms. The van der Waals surface area contributed by atoms with Gasteiger partial charge < -0.3 is 10.0 Å². The molecule has 1 aliphatic rings. The number of halogens is 1. The fourth-order valence-corrected chi connectivity index (χ4v) is 4.82. The molecule has 1 atom stereocenters. The average Bonchev–Trinajstić information content (AvgIpc) is 3.31. The zero-order valence-corrected chi connectivity index (χ0v) is 19.4. The fraction of sp³-hybridized carbons (Fsp3) is 0.185. The van der Waals surface area contributed by atoms with Crippen molar-refractivity contribution in [3.63, 3.8) is 0 Å². The summed E-state index contributed by atoms with van der Waals surface area (Å²) in [6.07, 6.45) is 0. The molecule has 4 aromatic rings. The van der Waals surface area contributed by atoms with Gasteiger partial charge in [0.15, 0.2) is 0 Å². The van der Waals surface area contributed by atoms with Crippen molar-refractivity contribution in [3.8, 4) is 17.0 Å². The number of phenolic OH excluding ortho intramolecular Hbond substituents is 1. The Hall–Kier alpha value is -3.57. The number of aromatic nitrogens is 2. The van der Waals surface area contributed by atoms with Gasteiger partial charge in [0.1, 0.15) is 17.1 Å². The van der Waals surface area contributed by atoms with Crippen LogP contribution in [-0.4, -0.2) is 26.1 Å². The lowest BCUT2D eigenvalue weighted by atomic mass is 9.94. The van der Waals surface area contributed by atoms with Gasteiger partial charge in [0.25, 0.3) is 5.91 Å². The van der Waals surface area contributed by atoms with E-state index in [1.165, 1.54) is 5.56 Å². The van der Waals surface area contributed by atoms with Crippen molar-refractivity contribution in [1.29, 1.82) is 0 Å². The van der Waals surface area contributed by atoms with Gasteiger partial charge >= 0.3 is 0 Å². The van der Waals surface area contributed by atoms with Gasteiger partial charge in [0, 0.05) is 22.7 Å². The summed E-state index contributed by atoms with van der Waals surface area (Å²) in [5, 5.41) is 18.9. The van der Waals surface area contributed by atoms with Gasteiger partial charge in [-0.2, -0.15) is 5.10 Å². The Kier molecular flexibility index (Phi) is 5.22. The van der Waals surface area contributed by atoms with E-state index in [0.717, 1.165) is 27.8 Å². The van der Waals surface area contributed by atoms with E-state index >= 15 is 0 Å². The van der Waals surface area contributed by atoms with Crippen molar-refractivity contribution in [1.82, 2.24) is 15.1 Å². The zero-order chi connectivity index (χ0) is 23.3. The van der Waals surface area contributed by atoms with E-state index in [0.29, 0.717) is 28.5 Å². The summed E-state index contributed by atoms with van der Waals surface area (Å²) in [7, 11) is 0. The average molecular weight is 458 g/mol. The van der Waals surface area contributed by atoms with E-state index in [-0.39, 0.29) is 17.7 Å². The number of hydrogen-bond acceptors (Lipinski definition) is 3. The molecule has 5 nitrogen and oxygen atoms in total. The Morgan fingerprint density at radius 3 is 2.52 bits per heavy atom. The first-order valence-corrected chi connectivity index (χ1v) is 11.2. The quantitative estimate of drug-likeness (QED) is 0.388. The van der Waals surface area contributed by atoms with Crippen molar-refractivity contribution in [2.75, 3.05) is 0 Å². The van der Waals surface area contributed by atoms with Gasteiger partial charge in [-0.15, -0.1) is 0 Å². The maximum absolute atomic E-state index is 13.6. The number of hydrogen-bond donors (Lipinski definition) is 2. The Morgan fingerprint density at radius 1 is 1.03 bits per heavy atom. The highest BCUT2D eigenvalue weighted by Gasteiger charge is 2.42. The molecule has 5 rings (SSSR count). The van der Waals surface area contributed by atoms with Gasteiger partial charge in [-0.05, 0) is 61.2 Å². The number of carbonyl (C=O) groups excluding carboxylic acids is 1. The molecule has 3 aromatic carbocycles. The lowest BCUT2D eigenvalue weighted by molar-refractivity contribution is 0.0730. The maximum Gasteiger partial charge on any atom is 0.273 e. The predicted molar refractivity (Wildman–Crippen MR) is 130 cm³/mol. The molecule has 1 amide bonds. The first-order chi connectivity index (χ1) is 15.8. The SMILES string of the molecule is Cc1ccc(CN2C(=O)c3[nH]nc(-c4cc(C)cc(C)c4O)c3C2c2cccc(Cl)c2)cc1. The molecule has 2 N–H and O–H groups in total. The van der Waals surface area contributed by atoms with E-state index < -0.39 is 0 Å². The normalized spacial score (nSPS) is 15.2. The molecular formula is C27H24ClN3O2. The fourth-order valence-electron chi connectivity index (χ4n) is 4.62. The highest BCUT2D eigenvalue weighted by Crippen LogP contribution is 2.46. The third kappa shape index (κ3) is 3.68. The minimum Gasteiger partial charge on any atom is -0.507 e. The zero-order valence-electron chi connectivity index (χ0n) is 18.7. The second kappa shape index (κ2) is 8.09. The number of carbonyl (C=O) groups is 1. The molecule has 0 fully saturated rings. The summed E-state index contributed by atoms with van der Waals surface area (Å²) in [5.74, 6) is 0.0438. The number of rotatable bonds is 4. The minimum atomic E-state index is -0.388. The Morgan fingerprint density at radius 2 is 1.79 bits per heavy atom. The Labute approximate surface area is 197 Å². The maximum atomic E-state index is 13.6. The van der Waals surface area contributed by atoms with E-state index in [1.54, 1.807) is 0 Å². The molecule has 2 heterocycles. The smallest absolute Gasteiger partial charge is 0.273 e. The first kappa shape index (κ1) is 21.3. The monoisotopic (exact) mass is 457 g/mol. The molecule has 0 saturated heterocycles. The second-order valence-electron chi connectivity index (χ2n) is 8.72. The van der Waals surface area contributed by atoms with E-state index in [4.69, 9.17) is 11.6 Å². The number of nitrogens with one attached hydrogen (secondary N) is 1. The van der Waals surface area contributed by atoms with Gasteiger partial charge in [-0.1, -0.05) is 59.6 Å². The summed E-state index contributed by atoms with van der Waals surface area (Å²) in [5.41, 5.74) is 7.28. The molecule has 166 valence electrons. The van der Waals surface area contributed by atoms with Crippen LogP contribution in [0.2, 0.25) is 5.02 Å². The Balaban J connectivity index is 1.69. The van der Waals surface area contributed by atoms with Crippen molar-refractivity contribution >= 4 is 17.5 Å². The third-order valence-corrected chi connectivity index (χ3v) is 6.44. The molecule has 6 heteroatoms. The van der Waals surface area contributed by atoms with Crippen molar-refractivity contribution in [2.24, 2.45) is 0 Å². The van der Waals surface area contributed by atoms with E-state index in [9.17, 15) is 9.90 Å². The van der Waals surface area contributed by atoms with Gasteiger partial charge in [-0.3, -0.25) is 9.89 Å². The summed E-state index contributed by atoms with van der Waals surface area (Å²) < 4.78 is 0. The molecule has 1 aromatic heterocycles. The third-order valence-electron chi connectivity index (χ3n) is 6.20. The number of benzene rings is 3. The van der Waals surface area contributed by atoms with Crippen LogP contribution in [0.4, 0.5) is 0 Å². The molecule has 0 spiro atoms. The number of H-pyrrole nitrogens is 1. The lowest BCUT2D eigenvalue weighted by Gasteiger charge is -2.27.